The molecule has 2 rings (SSSR count). The molecule has 0 atom stereocenters. The van der Waals surface area contributed by atoms with Crippen LogP contribution in [0.25, 0.3) is 0 Å². The van der Waals surface area contributed by atoms with Crippen molar-refractivity contribution in [3.63, 3.8) is 0 Å². The number of nitrogens with one attached hydrogen (secondary N) is 2. The minimum Gasteiger partial charge on any atom is -0.325 e. The van der Waals surface area contributed by atoms with Gasteiger partial charge in [0.1, 0.15) is 0 Å². The number of hydrogen-bond acceptors (Lipinski definition) is 2. The van der Waals surface area contributed by atoms with E-state index in [0.717, 1.165) is 0 Å². The lowest BCUT2D eigenvalue weighted by Gasteiger charge is -2.11. The Bertz CT molecular complexity index is 702. The van der Waals surface area contributed by atoms with Gasteiger partial charge >= 0.3 is 0 Å². The molecule has 0 aliphatic carbocycles. The zero-order valence-electron chi connectivity index (χ0n) is 11.1. The highest BCUT2D eigenvalue weighted by Gasteiger charge is 2.11. The molecule has 0 unspecified atom stereocenters. The number of carbonyl (C=O) groups is 2. The van der Waals surface area contributed by atoms with Crippen molar-refractivity contribution in [1.82, 2.24) is 0 Å². The van der Waals surface area contributed by atoms with Crippen LogP contribution in [0.15, 0.2) is 42.5 Å². The van der Waals surface area contributed by atoms with Gasteiger partial charge in [0, 0.05) is 12.5 Å². The summed E-state index contributed by atoms with van der Waals surface area (Å²) < 4.78 is 0. The van der Waals surface area contributed by atoms with E-state index in [1.54, 1.807) is 36.4 Å². The number of para-hydroxylation sites is 2. The molecular formula is C15H12Cl2N2O2. The number of anilines is 2. The zero-order valence-corrected chi connectivity index (χ0v) is 12.6. The molecular weight excluding hydrogens is 311 g/mol. The molecule has 0 spiro atoms. The summed E-state index contributed by atoms with van der Waals surface area (Å²) in [6, 6.07) is 11.5. The van der Waals surface area contributed by atoms with Crippen LogP contribution < -0.4 is 10.6 Å². The van der Waals surface area contributed by atoms with E-state index in [9.17, 15) is 9.59 Å². The van der Waals surface area contributed by atoms with Gasteiger partial charge in [-0.15, -0.1) is 0 Å². The van der Waals surface area contributed by atoms with Crippen LogP contribution in [-0.4, -0.2) is 11.8 Å². The molecule has 0 aliphatic rings. The van der Waals surface area contributed by atoms with Gasteiger partial charge in [0.05, 0.1) is 21.4 Å². The average Bonchev–Trinajstić information content (AvgIpc) is 2.43. The van der Waals surface area contributed by atoms with Gasteiger partial charge in [-0.2, -0.15) is 0 Å². The van der Waals surface area contributed by atoms with Crippen LogP contribution in [-0.2, 0) is 4.79 Å². The molecule has 4 nitrogen and oxygen atoms in total. The lowest BCUT2D eigenvalue weighted by Crippen LogP contribution is -2.15. The van der Waals surface area contributed by atoms with Gasteiger partial charge in [-0.05, 0) is 30.3 Å². The number of hydrogen-bond donors (Lipinski definition) is 2. The van der Waals surface area contributed by atoms with E-state index in [2.05, 4.69) is 10.6 Å². The normalized spacial score (nSPS) is 10.0. The van der Waals surface area contributed by atoms with E-state index in [1.165, 1.54) is 13.0 Å². The van der Waals surface area contributed by atoms with E-state index in [4.69, 9.17) is 23.2 Å². The minimum atomic E-state index is -0.341. The molecule has 0 fully saturated rings. The average molecular weight is 323 g/mol. The van der Waals surface area contributed by atoms with Gasteiger partial charge in [0.2, 0.25) is 5.91 Å². The Hall–Kier alpha value is -2.04. The molecule has 0 heterocycles. The summed E-state index contributed by atoms with van der Waals surface area (Å²) in [6.45, 7) is 1.40. The van der Waals surface area contributed by atoms with Crippen molar-refractivity contribution < 1.29 is 9.59 Å². The summed E-state index contributed by atoms with van der Waals surface area (Å²) in [6.07, 6.45) is 0. The minimum absolute atomic E-state index is 0.216. The number of benzene rings is 2. The molecule has 0 bridgehead atoms. The Kier molecular flexibility index (Phi) is 4.83. The first-order valence-electron chi connectivity index (χ1n) is 6.10. The first-order valence-corrected chi connectivity index (χ1v) is 6.86. The fraction of sp³-hybridized carbons (Fsp3) is 0.0667. The molecule has 6 heteroatoms. The smallest absolute Gasteiger partial charge is 0.255 e. The Balaban J connectivity index is 2.23. The van der Waals surface area contributed by atoms with Gasteiger partial charge in [0.15, 0.2) is 0 Å². The fourth-order valence-electron chi connectivity index (χ4n) is 1.72. The van der Waals surface area contributed by atoms with E-state index in [-0.39, 0.29) is 11.8 Å². The maximum absolute atomic E-state index is 12.2. The third-order valence-corrected chi connectivity index (χ3v) is 3.41. The van der Waals surface area contributed by atoms with Gasteiger partial charge in [-0.3, -0.25) is 9.59 Å². The quantitative estimate of drug-likeness (QED) is 0.889. The summed E-state index contributed by atoms with van der Waals surface area (Å²) in [5.74, 6) is -0.558. The highest BCUT2D eigenvalue weighted by molar-refractivity contribution is 6.42. The predicted octanol–water partition coefficient (Wildman–Crippen LogP) is 4.20. The van der Waals surface area contributed by atoms with Crippen molar-refractivity contribution in [1.29, 1.82) is 0 Å². The zero-order chi connectivity index (χ0) is 15.4. The van der Waals surface area contributed by atoms with Crippen LogP contribution in [0, 0.1) is 0 Å². The summed E-state index contributed by atoms with van der Waals surface area (Å²) in [5, 5.41) is 6.06. The van der Waals surface area contributed by atoms with Crippen LogP contribution in [0.1, 0.15) is 17.3 Å². The van der Waals surface area contributed by atoms with Crippen molar-refractivity contribution in [2.24, 2.45) is 0 Å². The van der Waals surface area contributed by atoms with Crippen LogP contribution in [0.4, 0.5) is 11.4 Å². The number of rotatable bonds is 3. The maximum atomic E-state index is 12.2. The number of carbonyl (C=O) groups excluding carboxylic acids is 2. The molecule has 0 saturated heterocycles. The van der Waals surface area contributed by atoms with Gasteiger partial charge in [0.25, 0.3) is 5.91 Å². The molecule has 0 saturated carbocycles. The highest BCUT2D eigenvalue weighted by atomic mass is 35.5. The van der Waals surface area contributed by atoms with Crippen LogP contribution in [0.3, 0.4) is 0 Å². The van der Waals surface area contributed by atoms with E-state index >= 15 is 0 Å². The predicted molar refractivity (Wildman–Crippen MR) is 85.2 cm³/mol. The lowest BCUT2D eigenvalue weighted by molar-refractivity contribution is -0.114. The van der Waals surface area contributed by atoms with E-state index in [1.807, 2.05) is 0 Å². The first-order chi connectivity index (χ1) is 9.97. The van der Waals surface area contributed by atoms with Crippen molar-refractivity contribution in [2.75, 3.05) is 10.6 Å². The molecule has 2 aromatic carbocycles. The first kappa shape index (κ1) is 15.4. The number of amides is 2. The van der Waals surface area contributed by atoms with Crippen molar-refractivity contribution in [2.45, 2.75) is 6.92 Å². The Morgan fingerprint density at radius 1 is 0.905 bits per heavy atom. The molecule has 21 heavy (non-hydrogen) atoms. The molecule has 0 radical (unpaired) electrons. The third-order valence-electron chi connectivity index (χ3n) is 2.67. The monoisotopic (exact) mass is 322 g/mol. The summed E-state index contributed by atoms with van der Waals surface area (Å²) in [7, 11) is 0. The summed E-state index contributed by atoms with van der Waals surface area (Å²) in [4.78, 5) is 23.3. The maximum Gasteiger partial charge on any atom is 0.255 e. The van der Waals surface area contributed by atoms with E-state index < -0.39 is 0 Å². The summed E-state index contributed by atoms with van der Waals surface area (Å²) >= 11 is 11.7. The highest BCUT2D eigenvalue weighted by Crippen LogP contribution is 2.25. The summed E-state index contributed by atoms with van der Waals surface area (Å²) in [5.41, 5.74) is 1.41. The molecule has 0 aromatic heterocycles. The largest absolute Gasteiger partial charge is 0.325 e. The standard InChI is InChI=1S/C15H12Cl2N2O2/c1-9(20)18-13-4-2-3-5-14(13)19-15(21)10-6-7-11(16)12(17)8-10/h2-8H,1H3,(H,18,20)(H,19,21). The SMILES string of the molecule is CC(=O)Nc1ccccc1NC(=O)c1ccc(Cl)c(Cl)c1. The van der Waals surface area contributed by atoms with Crippen molar-refractivity contribution in [3.05, 3.63) is 58.1 Å². The molecule has 0 aliphatic heterocycles. The Labute approximate surface area is 132 Å². The second kappa shape index (κ2) is 6.61. The number of halogens is 2. The van der Waals surface area contributed by atoms with Gasteiger partial charge < -0.3 is 10.6 Å². The Morgan fingerprint density at radius 2 is 1.52 bits per heavy atom. The second-order valence-electron chi connectivity index (χ2n) is 4.31. The molecule has 2 amide bonds. The fourth-order valence-corrected chi connectivity index (χ4v) is 2.02. The van der Waals surface area contributed by atoms with Gasteiger partial charge in [-0.1, -0.05) is 35.3 Å². The van der Waals surface area contributed by atoms with Crippen LogP contribution >= 0.6 is 23.2 Å². The topological polar surface area (TPSA) is 58.2 Å². The van der Waals surface area contributed by atoms with Gasteiger partial charge in [-0.25, -0.2) is 0 Å². The van der Waals surface area contributed by atoms with Crippen molar-refractivity contribution in [3.8, 4) is 0 Å². The molecule has 108 valence electrons. The van der Waals surface area contributed by atoms with Crippen molar-refractivity contribution >= 4 is 46.4 Å². The lowest BCUT2D eigenvalue weighted by atomic mass is 10.2. The second-order valence-corrected chi connectivity index (χ2v) is 5.12. The van der Waals surface area contributed by atoms with Crippen LogP contribution in [0.2, 0.25) is 10.0 Å². The molecule has 2 aromatic rings. The third kappa shape index (κ3) is 3.97. The van der Waals surface area contributed by atoms with E-state index in [0.29, 0.717) is 27.0 Å². The Morgan fingerprint density at radius 3 is 2.10 bits per heavy atom. The molecule has 2 N–H and O–H groups in total. The van der Waals surface area contributed by atoms with Crippen LogP contribution in [0.5, 0.6) is 0 Å².